The average molecular weight is 524 g/mol. The molecule has 1 heterocycles. The summed E-state index contributed by atoms with van der Waals surface area (Å²) in [5, 5.41) is 2.03. The number of methoxy groups -OCH3 is 2. The van der Waals surface area contributed by atoms with Crippen molar-refractivity contribution >= 4 is 27.0 Å². The van der Waals surface area contributed by atoms with Gasteiger partial charge in [-0.25, -0.2) is 17.7 Å². The number of benzene rings is 3. The summed E-state index contributed by atoms with van der Waals surface area (Å²) in [5.41, 5.74) is 3.67. The normalized spacial score (nSPS) is 12.2. The van der Waals surface area contributed by atoms with Gasteiger partial charge in [-0.2, -0.15) is 0 Å². The maximum Gasteiger partial charge on any atom is 0.242 e. The first-order chi connectivity index (χ1) is 17.3. The van der Waals surface area contributed by atoms with Gasteiger partial charge in [0.05, 0.1) is 30.5 Å². The van der Waals surface area contributed by atoms with Gasteiger partial charge < -0.3 is 14.0 Å². The van der Waals surface area contributed by atoms with Gasteiger partial charge in [-0.05, 0) is 48.4 Å². The van der Waals surface area contributed by atoms with Crippen molar-refractivity contribution in [2.24, 2.45) is 4.99 Å². The van der Waals surface area contributed by atoms with Crippen LogP contribution in [0.4, 0.5) is 5.69 Å². The minimum absolute atomic E-state index is 0.254. The number of ether oxygens (including phenoxy) is 2. The highest BCUT2D eigenvalue weighted by molar-refractivity contribution is 7.89. The monoisotopic (exact) mass is 523 g/mol. The number of thiazole rings is 1. The van der Waals surface area contributed by atoms with Crippen molar-refractivity contribution in [1.29, 1.82) is 0 Å². The van der Waals surface area contributed by atoms with Crippen molar-refractivity contribution in [3.63, 3.8) is 0 Å². The van der Waals surface area contributed by atoms with E-state index in [0.717, 1.165) is 33.7 Å². The van der Waals surface area contributed by atoms with Crippen LogP contribution in [-0.2, 0) is 23.0 Å². The Kier molecular flexibility index (Phi) is 7.93. The molecule has 0 atom stereocenters. The fraction of sp³-hybridized carbons (Fsp3) is 0.222. The van der Waals surface area contributed by atoms with Gasteiger partial charge in [0.1, 0.15) is 0 Å². The topological polar surface area (TPSA) is 73.1 Å². The highest BCUT2D eigenvalue weighted by Crippen LogP contribution is 2.29. The summed E-state index contributed by atoms with van der Waals surface area (Å²) < 4.78 is 39.7. The van der Waals surface area contributed by atoms with E-state index in [1.54, 1.807) is 32.4 Å². The lowest BCUT2D eigenvalue weighted by Gasteiger charge is -2.14. The molecule has 0 fully saturated rings. The van der Waals surface area contributed by atoms with Gasteiger partial charge >= 0.3 is 0 Å². The van der Waals surface area contributed by atoms with Crippen LogP contribution in [-0.4, -0.2) is 45.6 Å². The Morgan fingerprint density at radius 1 is 0.917 bits per heavy atom. The molecule has 1 aromatic heterocycles. The maximum absolute atomic E-state index is 12.8. The SMILES string of the molecule is COc1ccc(CCn2c(-c3cccc(S(=O)(=O)N(C)C)c3)csc2=Nc2ccccc2)cc1OC. The molecule has 7 nitrogen and oxygen atoms in total. The third kappa shape index (κ3) is 5.53. The molecule has 0 N–H and O–H groups in total. The molecule has 0 amide bonds. The number of aromatic nitrogens is 1. The molecule has 0 aliphatic heterocycles. The average Bonchev–Trinajstić information content (AvgIpc) is 3.29. The van der Waals surface area contributed by atoms with E-state index in [2.05, 4.69) is 4.57 Å². The minimum Gasteiger partial charge on any atom is -0.493 e. The van der Waals surface area contributed by atoms with E-state index in [1.165, 1.54) is 29.7 Å². The van der Waals surface area contributed by atoms with Gasteiger partial charge in [0.25, 0.3) is 0 Å². The first-order valence-corrected chi connectivity index (χ1v) is 13.7. The van der Waals surface area contributed by atoms with Gasteiger partial charge in [0.15, 0.2) is 16.3 Å². The number of para-hydroxylation sites is 1. The van der Waals surface area contributed by atoms with Crippen LogP contribution in [0.2, 0.25) is 0 Å². The number of sulfonamides is 1. The summed E-state index contributed by atoms with van der Waals surface area (Å²) in [6, 6.07) is 22.7. The second-order valence-corrected chi connectivity index (χ2v) is 11.2. The van der Waals surface area contributed by atoms with E-state index in [4.69, 9.17) is 14.5 Å². The Bertz CT molecular complexity index is 1510. The lowest BCUT2D eigenvalue weighted by atomic mass is 10.1. The summed E-state index contributed by atoms with van der Waals surface area (Å²) in [4.78, 5) is 5.96. The van der Waals surface area contributed by atoms with Crippen LogP contribution in [0.1, 0.15) is 5.56 Å². The number of hydrogen-bond acceptors (Lipinski definition) is 6. The number of hydrogen-bond donors (Lipinski definition) is 0. The molecule has 0 radical (unpaired) electrons. The molecule has 0 unspecified atom stereocenters. The van der Waals surface area contributed by atoms with Crippen molar-refractivity contribution in [1.82, 2.24) is 8.87 Å². The minimum atomic E-state index is -3.55. The first-order valence-electron chi connectivity index (χ1n) is 11.4. The zero-order chi connectivity index (χ0) is 25.7. The fourth-order valence-corrected chi connectivity index (χ4v) is 5.69. The van der Waals surface area contributed by atoms with Crippen LogP contribution in [0.25, 0.3) is 11.3 Å². The van der Waals surface area contributed by atoms with Crippen LogP contribution in [0.15, 0.2) is 88.1 Å². The van der Waals surface area contributed by atoms with E-state index in [-0.39, 0.29) is 4.90 Å². The van der Waals surface area contributed by atoms with E-state index < -0.39 is 10.0 Å². The van der Waals surface area contributed by atoms with Crippen LogP contribution in [0.3, 0.4) is 0 Å². The Morgan fingerprint density at radius 2 is 1.67 bits per heavy atom. The molecule has 188 valence electrons. The molecule has 4 aromatic rings. The van der Waals surface area contributed by atoms with Gasteiger partial charge in [0.2, 0.25) is 10.0 Å². The number of nitrogens with zero attached hydrogens (tertiary/aromatic N) is 3. The fourth-order valence-electron chi connectivity index (χ4n) is 3.78. The molecule has 3 aromatic carbocycles. The molecule has 0 aliphatic rings. The molecule has 9 heteroatoms. The Morgan fingerprint density at radius 3 is 2.36 bits per heavy atom. The van der Waals surface area contributed by atoms with E-state index in [0.29, 0.717) is 18.0 Å². The third-order valence-electron chi connectivity index (χ3n) is 5.76. The molecule has 0 saturated carbocycles. The van der Waals surface area contributed by atoms with Crippen molar-refractivity contribution in [2.45, 2.75) is 17.9 Å². The van der Waals surface area contributed by atoms with Gasteiger partial charge in [-0.15, -0.1) is 11.3 Å². The summed E-state index contributed by atoms with van der Waals surface area (Å²) in [6.45, 7) is 0.643. The molecular weight excluding hydrogens is 494 g/mol. The van der Waals surface area contributed by atoms with E-state index in [1.807, 2.05) is 60.0 Å². The predicted octanol–water partition coefficient (Wildman–Crippen LogP) is 4.96. The Labute approximate surface area is 216 Å². The predicted molar refractivity (Wildman–Crippen MR) is 144 cm³/mol. The van der Waals surface area contributed by atoms with Crippen LogP contribution >= 0.6 is 11.3 Å². The van der Waals surface area contributed by atoms with Gasteiger partial charge in [-0.3, -0.25) is 0 Å². The molecule has 0 saturated heterocycles. The van der Waals surface area contributed by atoms with Crippen LogP contribution < -0.4 is 14.3 Å². The zero-order valence-corrected chi connectivity index (χ0v) is 22.3. The lowest BCUT2D eigenvalue weighted by molar-refractivity contribution is 0.354. The van der Waals surface area contributed by atoms with Crippen LogP contribution in [0, 0.1) is 0 Å². The first kappa shape index (κ1) is 25.7. The smallest absolute Gasteiger partial charge is 0.242 e. The van der Waals surface area contributed by atoms with E-state index in [9.17, 15) is 8.42 Å². The quantitative estimate of drug-likeness (QED) is 0.311. The second-order valence-electron chi connectivity index (χ2n) is 8.26. The van der Waals surface area contributed by atoms with Crippen molar-refractivity contribution < 1.29 is 17.9 Å². The highest BCUT2D eigenvalue weighted by Gasteiger charge is 2.19. The molecule has 4 rings (SSSR count). The van der Waals surface area contributed by atoms with Gasteiger partial charge in [0, 0.05) is 31.6 Å². The molecule has 0 spiro atoms. The number of aryl methyl sites for hydroxylation is 1. The second kappa shape index (κ2) is 11.1. The summed E-state index contributed by atoms with van der Waals surface area (Å²) in [5.74, 6) is 1.37. The third-order valence-corrected chi connectivity index (χ3v) is 8.43. The Hall–Kier alpha value is -3.40. The lowest BCUT2D eigenvalue weighted by Crippen LogP contribution is -2.22. The van der Waals surface area contributed by atoms with Crippen molar-refractivity contribution in [3.8, 4) is 22.8 Å². The highest BCUT2D eigenvalue weighted by atomic mass is 32.2. The molecule has 0 bridgehead atoms. The standard InChI is InChI=1S/C27H29N3O4S2/c1-29(2)36(31,32)23-12-8-9-21(18-23)24-19-35-27(28-22-10-6-5-7-11-22)30(24)16-15-20-13-14-25(33-3)26(17-20)34-4/h5-14,17-19H,15-16H2,1-4H3. The van der Waals surface area contributed by atoms with Crippen molar-refractivity contribution in [2.75, 3.05) is 28.3 Å². The summed E-state index contributed by atoms with van der Waals surface area (Å²) >= 11 is 1.53. The van der Waals surface area contributed by atoms with E-state index >= 15 is 0 Å². The summed E-state index contributed by atoms with van der Waals surface area (Å²) in [7, 11) is 2.76. The zero-order valence-electron chi connectivity index (χ0n) is 20.7. The number of rotatable bonds is 9. The summed E-state index contributed by atoms with van der Waals surface area (Å²) in [6.07, 6.45) is 0.724. The molecule has 0 aliphatic carbocycles. The van der Waals surface area contributed by atoms with Crippen molar-refractivity contribution in [3.05, 3.63) is 88.5 Å². The molecular formula is C27H29N3O4S2. The maximum atomic E-state index is 12.8. The largest absolute Gasteiger partial charge is 0.493 e. The van der Waals surface area contributed by atoms with Crippen LogP contribution in [0.5, 0.6) is 11.5 Å². The molecule has 36 heavy (non-hydrogen) atoms. The Balaban J connectivity index is 1.77. The van der Waals surface area contributed by atoms with Gasteiger partial charge in [-0.1, -0.05) is 36.4 Å².